The van der Waals surface area contributed by atoms with E-state index in [-0.39, 0.29) is 12.2 Å². The summed E-state index contributed by atoms with van der Waals surface area (Å²) >= 11 is 0. The second-order valence-corrected chi connectivity index (χ2v) is 3.11. The molecule has 0 bridgehead atoms. The standard InChI is InChI=1S/C11H9FN2O/c12-10-8-9(4-7-15)2-3-11(10)14-6-1-5-13-14/h1-3,5-8H,4H2. The highest BCUT2D eigenvalue weighted by Gasteiger charge is 2.05. The maximum Gasteiger partial charge on any atom is 0.149 e. The Morgan fingerprint density at radius 3 is 2.93 bits per heavy atom. The summed E-state index contributed by atoms with van der Waals surface area (Å²) in [6, 6.07) is 6.40. The molecule has 2 rings (SSSR count). The van der Waals surface area contributed by atoms with Crippen LogP contribution >= 0.6 is 0 Å². The molecule has 0 fully saturated rings. The molecule has 4 heteroatoms. The molecular weight excluding hydrogens is 195 g/mol. The number of nitrogens with zero attached hydrogens (tertiary/aromatic N) is 2. The summed E-state index contributed by atoms with van der Waals surface area (Å²) in [6.45, 7) is 0. The van der Waals surface area contributed by atoms with Gasteiger partial charge in [0.25, 0.3) is 0 Å². The zero-order chi connectivity index (χ0) is 10.7. The van der Waals surface area contributed by atoms with Gasteiger partial charge in [0.05, 0.1) is 0 Å². The molecule has 0 amide bonds. The molecule has 2 aromatic rings. The summed E-state index contributed by atoms with van der Waals surface area (Å²) in [5.74, 6) is -0.377. The third-order valence-electron chi connectivity index (χ3n) is 2.08. The Balaban J connectivity index is 2.39. The normalized spacial score (nSPS) is 10.2. The van der Waals surface area contributed by atoms with Crippen molar-refractivity contribution in [2.75, 3.05) is 0 Å². The average Bonchev–Trinajstić information content (AvgIpc) is 2.71. The van der Waals surface area contributed by atoms with Crippen LogP contribution in [0.15, 0.2) is 36.7 Å². The lowest BCUT2D eigenvalue weighted by Crippen LogP contribution is -1.99. The van der Waals surface area contributed by atoms with E-state index in [9.17, 15) is 9.18 Å². The number of benzene rings is 1. The SMILES string of the molecule is O=CCc1ccc(-n2cccn2)c(F)c1. The van der Waals surface area contributed by atoms with Gasteiger partial charge >= 0.3 is 0 Å². The van der Waals surface area contributed by atoms with Crippen LogP contribution < -0.4 is 0 Å². The molecule has 3 nitrogen and oxygen atoms in total. The Labute approximate surface area is 86.2 Å². The monoisotopic (exact) mass is 204 g/mol. The van der Waals surface area contributed by atoms with E-state index >= 15 is 0 Å². The molecule has 0 unspecified atom stereocenters. The first-order chi connectivity index (χ1) is 7.31. The summed E-state index contributed by atoms with van der Waals surface area (Å²) in [7, 11) is 0. The van der Waals surface area contributed by atoms with Crippen molar-refractivity contribution in [2.45, 2.75) is 6.42 Å². The number of hydrogen-bond donors (Lipinski definition) is 0. The van der Waals surface area contributed by atoms with E-state index in [2.05, 4.69) is 5.10 Å². The van der Waals surface area contributed by atoms with E-state index in [1.807, 2.05) is 0 Å². The van der Waals surface area contributed by atoms with Crippen LogP contribution in [0, 0.1) is 5.82 Å². The highest BCUT2D eigenvalue weighted by molar-refractivity contribution is 5.55. The summed E-state index contributed by atoms with van der Waals surface area (Å²) in [4.78, 5) is 10.3. The van der Waals surface area contributed by atoms with Crippen LogP contribution in [0.2, 0.25) is 0 Å². The smallest absolute Gasteiger partial charge is 0.149 e. The van der Waals surface area contributed by atoms with Crippen molar-refractivity contribution in [3.63, 3.8) is 0 Å². The Kier molecular flexibility index (Phi) is 2.58. The molecular formula is C11H9FN2O. The van der Waals surface area contributed by atoms with Gasteiger partial charge in [-0.05, 0) is 23.8 Å². The van der Waals surface area contributed by atoms with Gasteiger partial charge in [-0.15, -0.1) is 0 Å². The van der Waals surface area contributed by atoms with E-state index in [0.29, 0.717) is 11.3 Å². The number of carbonyl (C=O) groups excluding carboxylic acids is 1. The van der Waals surface area contributed by atoms with Gasteiger partial charge in [0, 0.05) is 18.8 Å². The molecule has 15 heavy (non-hydrogen) atoms. The maximum absolute atomic E-state index is 13.6. The quantitative estimate of drug-likeness (QED) is 0.714. The van der Waals surface area contributed by atoms with Crippen LogP contribution in [0.4, 0.5) is 4.39 Å². The zero-order valence-electron chi connectivity index (χ0n) is 7.93. The molecule has 76 valence electrons. The van der Waals surface area contributed by atoms with E-state index in [1.54, 1.807) is 30.6 Å². The second kappa shape index (κ2) is 4.04. The molecule has 0 saturated carbocycles. The first kappa shape index (κ1) is 9.58. The number of rotatable bonds is 3. The van der Waals surface area contributed by atoms with E-state index in [4.69, 9.17) is 0 Å². The van der Waals surface area contributed by atoms with Crippen LogP contribution in [-0.4, -0.2) is 16.1 Å². The van der Waals surface area contributed by atoms with Gasteiger partial charge in [-0.1, -0.05) is 6.07 Å². The molecule has 0 saturated heterocycles. The van der Waals surface area contributed by atoms with Gasteiger partial charge < -0.3 is 4.79 Å². The molecule has 0 aliphatic heterocycles. The molecule has 0 atom stereocenters. The highest BCUT2D eigenvalue weighted by atomic mass is 19.1. The van der Waals surface area contributed by atoms with Crippen molar-refractivity contribution in [3.8, 4) is 5.69 Å². The predicted octanol–water partition coefficient (Wildman–Crippen LogP) is 1.75. The molecule has 0 N–H and O–H groups in total. The second-order valence-electron chi connectivity index (χ2n) is 3.11. The molecule has 0 aliphatic carbocycles. The molecule has 1 aromatic carbocycles. The summed E-state index contributed by atoms with van der Waals surface area (Å²) < 4.78 is 15.0. The maximum atomic E-state index is 13.6. The number of halogens is 1. The molecule has 1 aromatic heterocycles. The Morgan fingerprint density at radius 2 is 2.33 bits per heavy atom. The Morgan fingerprint density at radius 1 is 1.47 bits per heavy atom. The fraction of sp³-hybridized carbons (Fsp3) is 0.0909. The largest absolute Gasteiger partial charge is 0.303 e. The van der Waals surface area contributed by atoms with Crippen molar-refractivity contribution in [2.24, 2.45) is 0 Å². The fourth-order valence-corrected chi connectivity index (χ4v) is 1.37. The van der Waals surface area contributed by atoms with Crippen LogP contribution in [0.5, 0.6) is 0 Å². The Hall–Kier alpha value is -1.97. The van der Waals surface area contributed by atoms with Crippen molar-refractivity contribution >= 4 is 6.29 Å². The fourth-order valence-electron chi connectivity index (χ4n) is 1.37. The van der Waals surface area contributed by atoms with Crippen molar-refractivity contribution in [3.05, 3.63) is 48.0 Å². The molecule has 0 aliphatic rings. The molecule has 0 radical (unpaired) electrons. The first-order valence-corrected chi connectivity index (χ1v) is 4.53. The van der Waals surface area contributed by atoms with Gasteiger partial charge in [-0.3, -0.25) is 0 Å². The van der Waals surface area contributed by atoms with Gasteiger partial charge in [-0.25, -0.2) is 9.07 Å². The van der Waals surface area contributed by atoms with Gasteiger partial charge in [0.1, 0.15) is 17.8 Å². The number of aromatic nitrogens is 2. The van der Waals surface area contributed by atoms with Crippen molar-refractivity contribution in [1.82, 2.24) is 9.78 Å². The van der Waals surface area contributed by atoms with E-state index in [0.717, 1.165) is 6.29 Å². The average molecular weight is 204 g/mol. The minimum absolute atomic E-state index is 0.232. The lowest BCUT2D eigenvalue weighted by atomic mass is 10.1. The third-order valence-corrected chi connectivity index (χ3v) is 2.08. The Bertz CT molecular complexity index is 465. The summed E-state index contributed by atoms with van der Waals surface area (Å²) in [5.41, 5.74) is 1.05. The third kappa shape index (κ3) is 1.93. The van der Waals surface area contributed by atoms with Crippen LogP contribution in [0.1, 0.15) is 5.56 Å². The van der Waals surface area contributed by atoms with Gasteiger partial charge in [0.2, 0.25) is 0 Å². The number of aldehydes is 1. The topological polar surface area (TPSA) is 34.9 Å². The van der Waals surface area contributed by atoms with E-state index in [1.165, 1.54) is 10.7 Å². The van der Waals surface area contributed by atoms with Crippen LogP contribution in [-0.2, 0) is 11.2 Å². The molecule has 0 spiro atoms. The van der Waals surface area contributed by atoms with Gasteiger partial charge in [0.15, 0.2) is 0 Å². The summed E-state index contributed by atoms with van der Waals surface area (Å²) in [5, 5.41) is 3.93. The van der Waals surface area contributed by atoms with E-state index < -0.39 is 0 Å². The first-order valence-electron chi connectivity index (χ1n) is 4.53. The summed E-state index contributed by atoms with van der Waals surface area (Å²) in [6.07, 6.45) is 4.23. The molecule has 1 heterocycles. The van der Waals surface area contributed by atoms with Crippen molar-refractivity contribution < 1.29 is 9.18 Å². The predicted molar refractivity (Wildman–Crippen MR) is 53.3 cm³/mol. The number of hydrogen-bond acceptors (Lipinski definition) is 2. The van der Waals surface area contributed by atoms with Crippen LogP contribution in [0.3, 0.4) is 0 Å². The van der Waals surface area contributed by atoms with Crippen LogP contribution in [0.25, 0.3) is 5.69 Å². The minimum Gasteiger partial charge on any atom is -0.303 e. The van der Waals surface area contributed by atoms with Gasteiger partial charge in [-0.2, -0.15) is 5.10 Å². The zero-order valence-corrected chi connectivity index (χ0v) is 7.93. The minimum atomic E-state index is -0.377. The lowest BCUT2D eigenvalue weighted by molar-refractivity contribution is -0.107. The lowest BCUT2D eigenvalue weighted by Gasteiger charge is -2.04. The number of carbonyl (C=O) groups is 1. The van der Waals surface area contributed by atoms with Crippen molar-refractivity contribution in [1.29, 1.82) is 0 Å². The highest BCUT2D eigenvalue weighted by Crippen LogP contribution is 2.14.